The van der Waals surface area contributed by atoms with Crippen LogP contribution in [0.25, 0.3) is 0 Å². The van der Waals surface area contributed by atoms with Crippen LogP contribution in [-0.4, -0.2) is 35.1 Å². The predicted molar refractivity (Wildman–Crippen MR) is 72.9 cm³/mol. The summed E-state index contributed by atoms with van der Waals surface area (Å²) < 4.78 is 0. The summed E-state index contributed by atoms with van der Waals surface area (Å²) in [4.78, 5) is 33.8. The van der Waals surface area contributed by atoms with Crippen LogP contribution in [0.5, 0.6) is 0 Å². The van der Waals surface area contributed by atoms with E-state index >= 15 is 0 Å². The Labute approximate surface area is 118 Å². The van der Waals surface area contributed by atoms with E-state index in [1.165, 1.54) is 0 Å². The molecule has 1 fully saturated rings. The second kappa shape index (κ2) is 7.72. The van der Waals surface area contributed by atoms with Crippen molar-refractivity contribution in [2.75, 3.05) is 0 Å². The van der Waals surface area contributed by atoms with E-state index in [1.54, 1.807) is 6.92 Å². The Hall–Kier alpha value is -1.79. The summed E-state index contributed by atoms with van der Waals surface area (Å²) in [6.07, 6.45) is 4.06. The number of carboxylic acid groups (broad SMARTS) is 1. The molecule has 5 N–H and O–H groups in total. The molecule has 7 heteroatoms. The molecule has 3 atom stereocenters. The number of hydrogen-bond donors (Lipinski definition) is 4. The topological polar surface area (TPSA) is 122 Å². The van der Waals surface area contributed by atoms with Gasteiger partial charge in [0.25, 0.3) is 0 Å². The maximum Gasteiger partial charge on any atom is 0.315 e. The number of primary amides is 1. The number of carbonyl (C=O) groups excluding carboxylic acids is 2. The minimum absolute atomic E-state index is 0.0560. The largest absolute Gasteiger partial charge is 0.481 e. The molecule has 0 radical (unpaired) electrons. The summed E-state index contributed by atoms with van der Waals surface area (Å²) in [5.74, 6) is -1.91. The van der Waals surface area contributed by atoms with Gasteiger partial charge in [-0.15, -0.1) is 0 Å². The molecule has 3 unspecified atom stereocenters. The van der Waals surface area contributed by atoms with Gasteiger partial charge in [-0.2, -0.15) is 0 Å². The summed E-state index contributed by atoms with van der Waals surface area (Å²) in [5, 5.41) is 14.5. The quantitative estimate of drug-likeness (QED) is 0.552. The smallest absolute Gasteiger partial charge is 0.315 e. The molecule has 0 heterocycles. The number of aliphatic carboxylic acids is 1. The van der Waals surface area contributed by atoms with Gasteiger partial charge in [0.15, 0.2) is 0 Å². The van der Waals surface area contributed by atoms with E-state index < -0.39 is 23.8 Å². The second-order valence-electron chi connectivity index (χ2n) is 5.38. The van der Waals surface area contributed by atoms with Gasteiger partial charge in [-0.3, -0.25) is 9.59 Å². The SMILES string of the molecule is CC(CC(N)=O)NC(=O)NC1CCCCCC1C(=O)O. The van der Waals surface area contributed by atoms with Gasteiger partial charge in [-0.05, 0) is 19.8 Å². The Bertz CT molecular complexity index is 373. The highest BCUT2D eigenvalue weighted by Gasteiger charge is 2.30. The maximum atomic E-state index is 11.8. The molecule has 7 nitrogen and oxygen atoms in total. The normalized spacial score (nSPS) is 24.2. The van der Waals surface area contributed by atoms with Crippen molar-refractivity contribution in [2.45, 2.75) is 57.5 Å². The molecule has 0 aromatic carbocycles. The van der Waals surface area contributed by atoms with Crippen molar-refractivity contribution in [1.82, 2.24) is 10.6 Å². The van der Waals surface area contributed by atoms with E-state index in [2.05, 4.69) is 10.6 Å². The summed E-state index contributed by atoms with van der Waals surface area (Å²) >= 11 is 0. The minimum Gasteiger partial charge on any atom is -0.481 e. The Morgan fingerprint density at radius 2 is 1.90 bits per heavy atom. The third-order valence-corrected chi connectivity index (χ3v) is 3.53. The van der Waals surface area contributed by atoms with Gasteiger partial charge in [0.2, 0.25) is 5.91 Å². The number of urea groups is 1. The third-order valence-electron chi connectivity index (χ3n) is 3.53. The molecule has 1 saturated carbocycles. The van der Waals surface area contributed by atoms with Gasteiger partial charge in [0.05, 0.1) is 5.92 Å². The summed E-state index contributed by atoms with van der Waals surface area (Å²) in [6, 6.07) is -1.19. The van der Waals surface area contributed by atoms with Crippen LogP contribution in [0.4, 0.5) is 4.79 Å². The van der Waals surface area contributed by atoms with Gasteiger partial charge in [-0.1, -0.05) is 19.3 Å². The van der Waals surface area contributed by atoms with Crippen molar-refractivity contribution in [1.29, 1.82) is 0 Å². The Morgan fingerprint density at radius 1 is 1.25 bits per heavy atom. The molecule has 1 aliphatic carbocycles. The minimum atomic E-state index is -0.873. The Balaban J connectivity index is 2.52. The van der Waals surface area contributed by atoms with Crippen molar-refractivity contribution in [2.24, 2.45) is 11.7 Å². The molecule has 1 rings (SSSR count). The lowest BCUT2D eigenvalue weighted by Gasteiger charge is -2.24. The van der Waals surface area contributed by atoms with Crippen molar-refractivity contribution in [3.05, 3.63) is 0 Å². The highest BCUT2D eigenvalue weighted by atomic mass is 16.4. The van der Waals surface area contributed by atoms with Crippen LogP contribution >= 0.6 is 0 Å². The fourth-order valence-electron chi connectivity index (χ4n) is 2.56. The molecule has 20 heavy (non-hydrogen) atoms. The van der Waals surface area contributed by atoms with Crippen LogP contribution in [0, 0.1) is 5.92 Å². The number of amides is 3. The van der Waals surface area contributed by atoms with E-state index in [-0.39, 0.29) is 18.5 Å². The number of nitrogens with two attached hydrogens (primary N) is 1. The molecule has 0 saturated heterocycles. The fraction of sp³-hybridized carbons (Fsp3) is 0.769. The van der Waals surface area contributed by atoms with Gasteiger partial charge in [-0.25, -0.2) is 4.79 Å². The van der Waals surface area contributed by atoms with Gasteiger partial charge < -0.3 is 21.5 Å². The molecule has 0 aromatic heterocycles. The number of carbonyl (C=O) groups is 3. The Kier molecular flexibility index (Phi) is 6.27. The van der Waals surface area contributed by atoms with Crippen LogP contribution in [0.1, 0.15) is 45.4 Å². The molecule has 0 aromatic rings. The van der Waals surface area contributed by atoms with Crippen LogP contribution < -0.4 is 16.4 Å². The zero-order chi connectivity index (χ0) is 15.1. The molecule has 1 aliphatic rings. The highest BCUT2D eigenvalue weighted by molar-refractivity contribution is 5.78. The standard InChI is InChI=1S/C13H23N3O4/c1-8(7-11(14)17)15-13(20)16-10-6-4-2-3-5-9(10)12(18)19/h8-10H,2-7H2,1H3,(H2,14,17)(H,18,19)(H2,15,16,20). The first-order valence-corrected chi connectivity index (χ1v) is 6.98. The van der Waals surface area contributed by atoms with Crippen LogP contribution in [-0.2, 0) is 9.59 Å². The molecule has 114 valence electrons. The van der Waals surface area contributed by atoms with Crippen LogP contribution in [0.15, 0.2) is 0 Å². The maximum absolute atomic E-state index is 11.8. The first kappa shape index (κ1) is 16.3. The second-order valence-corrected chi connectivity index (χ2v) is 5.38. The highest BCUT2D eigenvalue weighted by Crippen LogP contribution is 2.23. The fourth-order valence-corrected chi connectivity index (χ4v) is 2.56. The molecule has 0 spiro atoms. The average molecular weight is 285 g/mol. The van der Waals surface area contributed by atoms with E-state index in [0.29, 0.717) is 12.8 Å². The number of hydrogen-bond acceptors (Lipinski definition) is 3. The molecular formula is C13H23N3O4. The van der Waals surface area contributed by atoms with E-state index in [0.717, 1.165) is 19.3 Å². The lowest BCUT2D eigenvalue weighted by molar-refractivity contribution is -0.142. The van der Waals surface area contributed by atoms with Crippen molar-refractivity contribution in [3.63, 3.8) is 0 Å². The van der Waals surface area contributed by atoms with E-state index in [1.807, 2.05) is 0 Å². The van der Waals surface area contributed by atoms with E-state index in [4.69, 9.17) is 5.73 Å². The molecule has 0 bridgehead atoms. The van der Waals surface area contributed by atoms with Crippen molar-refractivity contribution >= 4 is 17.9 Å². The first-order valence-electron chi connectivity index (χ1n) is 6.98. The third kappa shape index (κ3) is 5.46. The molecule has 0 aliphatic heterocycles. The summed E-state index contributed by atoms with van der Waals surface area (Å²) in [6.45, 7) is 1.67. The summed E-state index contributed by atoms with van der Waals surface area (Å²) in [5.41, 5.74) is 5.05. The van der Waals surface area contributed by atoms with Crippen molar-refractivity contribution < 1.29 is 19.5 Å². The zero-order valence-corrected chi connectivity index (χ0v) is 11.7. The number of rotatable bonds is 5. The number of carboxylic acids is 1. The first-order chi connectivity index (χ1) is 9.40. The monoisotopic (exact) mass is 285 g/mol. The van der Waals surface area contributed by atoms with Crippen LogP contribution in [0.2, 0.25) is 0 Å². The lowest BCUT2D eigenvalue weighted by atomic mass is 9.95. The van der Waals surface area contributed by atoms with Gasteiger partial charge in [0.1, 0.15) is 0 Å². The van der Waals surface area contributed by atoms with Gasteiger partial charge >= 0.3 is 12.0 Å². The van der Waals surface area contributed by atoms with Crippen LogP contribution in [0.3, 0.4) is 0 Å². The van der Waals surface area contributed by atoms with E-state index in [9.17, 15) is 19.5 Å². The average Bonchev–Trinajstić information content (AvgIpc) is 2.52. The zero-order valence-electron chi connectivity index (χ0n) is 11.7. The number of nitrogens with one attached hydrogen (secondary N) is 2. The van der Waals surface area contributed by atoms with Crippen molar-refractivity contribution in [3.8, 4) is 0 Å². The molecule has 3 amide bonds. The molecular weight excluding hydrogens is 262 g/mol. The predicted octanol–water partition coefficient (Wildman–Crippen LogP) is 0.583. The summed E-state index contributed by atoms with van der Waals surface area (Å²) in [7, 11) is 0. The Morgan fingerprint density at radius 3 is 2.50 bits per heavy atom. The van der Waals surface area contributed by atoms with Gasteiger partial charge in [0, 0.05) is 18.5 Å². The lowest BCUT2D eigenvalue weighted by Crippen LogP contribution is -2.49.